The fourth-order valence-corrected chi connectivity index (χ4v) is 3.71. The highest BCUT2D eigenvalue weighted by Gasteiger charge is 2.73. The van der Waals surface area contributed by atoms with Crippen LogP contribution >= 0.6 is 0 Å². The lowest BCUT2D eigenvalue weighted by Gasteiger charge is -2.21. The first kappa shape index (κ1) is 21.2. The Hall–Kier alpha value is -2.99. The summed E-state index contributed by atoms with van der Waals surface area (Å²) in [6.07, 6.45) is -4.60. The SMILES string of the molecule is COc1nc(C(F)(F)F)ccc1-c1nnc(N[C@H](C)C(=O)N2CC[C@@]3(C2)CC3(F)F)o1. The van der Waals surface area contributed by atoms with E-state index >= 15 is 0 Å². The third kappa shape index (κ3) is 3.76. The van der Waals surface area contributed by atoms with Gasteiger partial charge in [-0.25, -0.2) is 13.8 Å². The number of ether oxygens (including phenoxy) is 1. The van der Waals surface area contributed by atoms with E-state index in [2.05, 4.69) is 20.5 Å². The molecule has 1 aliphatic carbocycles. The average Bonchev–Trinajstić information content (AvgIpc) is 3.08. The van der Waals surface area contributed by atoms with Crippen molar-refractivity contribution in [3.63, 3.8) is 0 Å². The molecule has 2 aliphatic rings. The van der Waals surface area contributed by atoms with Crippen molar-refractivity contribution in [2.75, 3.05) is 25.5 Å². The zero-order chi connectivity index (χ0) is 22.6. The van der Waals surface area contributed by atoms with Crippen LogP contribution in [0.2, 0.25) is 0 Å². The second kappa shape index (κ2) is 7.02. The fourth-order valence-electron chi connectivity index (χ4n) is 3.71. The van der Waals surface area contributed by atoms with Crippen LogP contribution in [0.4, 0.5) is 28.0 Å². The Morgan fingerprint density at radius 1 is 1.32 bits per heavy atom. The number of methoxy groups -OCH3 is 1. The van der Waals surface area contributed by atoms with E-state index in [0.29, 0.717) is 0 Å². The molecule has 8 nitrogen and oxygen atoms in total. The van der Waals surface area contributed by atoms with Gasteiger partial charge in [-0.05, 0) is 25.5 Å². The number of likely N-dealkylation sites (tertiary alicyclic amines) is 1. The van der Waals surface area contributed by atoms with Crippen LogP contribution < -0.4 is 10.1 Å². The molecule has 1 aliphatic heterocycles. The van der Waals surface area contributed by atoms with Gasteiger partial charge < -0.3 is 19.4 Å². The molecule has 2 aromatic rings. The molecule has 4 rings (SSSR count). The maximum absolute atomic E-state index is 13.5. The van der Waals surface area contributed by atoms with Gasteiger partial charge in [0.05, 0.1) is 12.5 Å². The van der Waals surface area contributed by atoms with Crippen molar-refractivity contribution < 1.29 is 35.9 Å². The average molecular weight is 447 g/mol. The lowest BCUT2D eigenvalue weighted by molar-refractivity contribution is -0.141. The van der Waals surface area contributed by atoms with Gasteiger partial charge in [0.1, 0.15) is 17.3 Å². The van der Waals surface area contributed by atoms with E-state index < -0.39 is 35.2 Å². The Morgan fingerprint density at radius 3 is 2.61 bits per heavy atom. The summed E-state index contributed by atoms with van der Waals surface area (Å²) in [6, 6.07) is 0.824. The summed E-state index contributed by atoms with van der Waals surface area (Å²) in [5, 5.41) is 10.2. The van der Waals surface area contributed by atoms with E-state index in [1.165, 1.54) is 11.8 Å². The van der Waals surface area contributed by atoms with E-state index in [1.54, 1.807) is 0 Å². The van der Waals surface area contributed by atoms with E-state index in [1.807, 2.05) is 0 Å². The number of nitrogens with one attached hydrogen (secondary N) is 1. The predicted molar refractivity (Wildman–Crippen MR) is 95.4 cm³/mol. The van der Waals surface area contributed by atoms with Crippen molar-refractivity contribution in [2.24, 2.45) is 5.41 Å². The van der Waals surface area contributed by atoms with E-state index in [-0.39, 0.29) is 49.3 Å². The summed E-state index contributed by atoms with van der Waals surface area (Å²) in [5.74, 6) is -3.65. The first-order valence-corrected chi connectivity index (χ1v) is 9.35. The summed E-state index contributed by atoms with van der Waals surface area (Å²) in [5.41, 5.74) is -2.21. The number of nitrogens with zero attached hydrogens (tertiary/aromatic N) is 4. The lowest BCUT2D eigenvalue weighted by atomic mass is 10.1. The van der Waals surface area contributed by atoms with Crippen molar-refractivity contribution in [1.29, 1.82) is 0 Å². The zero-order valence-corrected chi connectivity index (χ0v) is 16.5. The third-order valence-corrected chi connectivity index (χ3v) is 5.59. The summed E-state index contributed by atoms with van der Waals surface area (Å²) in [6.45, 7) is 1.75. The van der Waals surface area contributed by atoms with Gasteiger partial charge in [0.25, 0.3) is 11.8 Å². The van der Waals surface area contributed by atoms with Crippen LogP contribution in [0.3, 0.4) is 0 Å². The van der Waals surface area contributed by atoms with Crippen LogP contribution in [0.5, 0.6) is 5.88 Å². The first-order chi connectivity index (χ1) is 14.5. The first-order valence-electron chi connectivity index (χ1n) is 9.35. The maximum atomic E-state index is 13.5. The molecule has 0 aromatic carbocycles. The van der Waals surface area contributed by atoms with Gasteiger partial charge in [0.2, 0.25) is 11.8 Å². The second-order valence-corrected chi connectivity index (χ2v) is 7.70. The van der Waals surface area contributed by atoms with Crippen LogP contribution in [-0.2, 0) is 11.0 Å². The monoisotopic (exact) mass is 447 g/mol. The molecule has 0 bridgehead atoms. The molecule has 1 N–H and O–H groups in total. The van der Waals surface area contributed by atoms with Gasteiger partial charge in [0, 0.05) is 19.5 Å². The Balaban J connectivity index is 1.44. The number of aromatic nitrogens is 3. The molecule has 0 unspecified atom stereocenters. The standard InChI is InChI=1S/C18H18F5N5O3/c1-9(14(29)28-6-5-16(8-28)7-17(16,19)20)24-15-27-26-13(31-15)10-3-4-11(18(21,22)23)25-12(10)30-2/h3-4,9H,5-8H2,1-2H3,(H,24,27)/t9-,16+/m1/s1. The topological polar surface area (TPSA) is 93.4 Å². The van der Waals surface area contributed by atoms with E-state index in [4.69, 9.17) is 9.15 Å². The minimum Gasteiger partial charge on any atom is -0.480 e. The molecular formula is C18H18F5N5O3. The summed E-state index contributed by atoms with van der Waals surface area (Å²) < 4.78 is 75.8. The number of hydrogen-bond acceptors (Lipinski definition) is 7. The Labute approximate surface area is 172 Å². The Bertz CT molecular complexity index is 1010. The summed E-state index contributed by atoms with van der Waals surface area (Å²) >= 11 is 0. The molecule has 2 fully saturated rings. The van der Waals surface area contributed by atoms with E-state index in [0.717, 1.165) is 19.2 Å². The van der Waals surface area contributed by atoms with Gasteiger partial charge in [-0.15, -0.1) is 5.10 Å². The number of pyridine rings is 1. The van der Waals surface area contributed by atoms with Crippen LogP contribution in [0.25, 0.3) is 11.5 Å². The maximum Gasteiger partial charge on any atom is 0.433 e. The van der Waals surface area contributed by atoms with Gasteiger partial charge in [-0.1, -0.05) is 5.10 Å². The normalized spacial score (nSPS) is 23.1. The van der Waals surface area contributed by atoms with Gasteiger partial charge >= 0.3 is 12.2 Å². The molecule has 3 heterocycles. The Morgan fingerprint density at radius 2 is 2.03 bits per heavy atom. The number of halogens is 5. The van der Waals surface area contributed by atoms with Gasteiger partial charge in [-0.2, -0.15) is 13.2 Å². The second-order valence-electron chi connectivity index (χ2n) is 7.70. The van der Waals surface area contributed by atoms with Gasteiger partial charge in [-0.3, -0.25) is 4.79 Å². The molecule has 168 valence electrons. The summed E-state index contributed by atoms with van der Waals surface area (Å²) in [7, 11) is 1.15. The molecule has 1 spiro atoms. The molecule has 1 saturated carbocycles. The van der Waals surface area contributed by atoms with E-state index in [9.17, 15) is 26.7 Å². The summed E-state index contributed by atoms with van der Waals surface area (Å²) in [4.78, 5) is 17.4. The van der Waals surface area contributed by atoms with Crippen LogP contribution in [0.15, 0.2) is 16.5 Å². The molecule has 2 atom stereocenters. The predicted octanol–water partition coefficient (Wildman–Crippen LogP) is 3.22. The van der Waals surface area contributed by atoms with Crippen LogP contribution in [-0.4, -0.2) is 58.2 Å². The largest absolute Gasteiger partial charge is 0.480 e. The molecule has 13 heteroatoms. The fraction of sp³-hybridized carbons (Fsp3) is 0.556. The highest BCUT2D eigenvalue weighted by Crippen LogP contribution is 2.65. The number of carbonyl (C=O) groups is 1. The quantitative estimate of drug-likeness (QED) is 0.704. The van der Waals surface area contributed by atoms with Crippen molar-refractivity contribution in [1.82, 2.24) is 20.1 Å². The minimum absolute atomic E-state index is 0.00560. The van der Waals surface area contributed by atoms with Crippen LogP contribution in [0, 0.1) is 5.41 Å². The number of carbonyl (C=O) groups excluding carboxylic acids is 1. The number of alkyl halides is 5. The highest BCUT2D eigenvalue weighted by molar-refractivity contribution is 5.84. The number of amides is 1. The molecule has 0 radical (unpaired) electrons. The lowest BCUT2D eigenvalue weighted by Crippen LogP contribution is -2.40. The van der Waals surface area contributed by atoms with Crippen molar-refractivity contribution in [2.45, 2.75) is 37.9 Å². The van der Waals surface area contributed by atoms with Crippen molar-refractivity contribution >= 4 is 11.9 Å². The third-order valence-electron chi connectivity index (χ3n) is 5.59. The van der Waals surface area contributed by atoms with Crippen molar-refractivity contribution in [3.05, 3.63) is 17.8 Å². The molecule has 2 aromatic heterocycles. The molecule has 1 saturated heterocycles. The minimum atomic E-state index is -4.65. The number of anilines is 1. The zero-order valence-electron chi connectivity index (χ0n) is 16.5. The van der Waals surface area contributed by atoms with Gasteiger partial charge in [0.15, 0.2) is 0 Å². The molecule has 1 amide bonds. The number of rotatable bonds is 5. The highest BCUT2D eigenvalue weighted by atomic mass is 19.4. The smallest absolute Gasteiger partial charge is 0.433 e. The molecule has 31 heavy (non-hydrogen) atoms. The van der Waals surface area contributed by atoms with Crippen LogP contribution in [0.1, 0.15) is 25.5 Å². The van der Waals surface area contributed by atoms with Crippen molar-refractivity contribution in [3.8, 4) is 17.3 Å². The Kier molecular flexibility index (Phi) is 4.81. The molecular weight excluding hydrogens is 429 g/mol. The number of hydrogen-bond donors (Lipinski definition) is 1.